The molecule has 0 saturated carbocycles. The number of nitrogens with zero attached hydrogens (tertiary/aromatic N) is 2. The first-order valence-electron chi connectivity index (χ1n) is 4.80. The molecule has 0 saturated heterocycles. The highest BCUT2D eigenvalue weighted by Gasteiger charge is 2.21. The monoisotopic (exact) mass is 210 g/mol. The minimum Gasteiger partial charge on any atom is -0.479 e. The highest BCUT2D eigenvalue weighted by atomic mass is 16.5. The van der Waals surface area contributed by atoms with E-state index >= 15 is 0 Å². The third-order valence-corrected chi connectivity index (χ3v) is 2.01. The van der Waals surface area contributed by atoms with E-state index in [2.05, 4.69) is 15.3 Å². The van der Waals surface area contributed by atoms with Gasteiger partial charge in [-0.1, -0.05) is 20.8 Å². The van der Waals surface area contributed by atoms with E-state index in [4.69, 9.17) is 10.5 Å². The Morgan fingerprint density at radius 1 is 1.27 bits per heavy atom. The van der Waals surface area contributed by atoms with Gasteiger partial charge >= 0.3 is 0 Å². The van der Waals surface area contributed by atoms with E-state index in [-0.39, 0.29) is 5.41 Å². The average molecular weight is 210 g/mol. The molecule has 0 amide bonds. The lowest BCUT2D eigenvalue weighted by Gasteiger charge is -2.19. The Labute approximate surface area is 90.1 Å². The fourth-order valence-electron chi connectivity index (χ4n) is 1.13. The molecule has 0 radical (unpaired) electrons. The van der Waals surface area contributed by atoms with Crippen molar-refractivity contribution in [3.8, 4) is 5.88 Å². The number of anilines is 2. The Kier molecular flexibility index (Phi) is 3.02. The molecule has 15 heavy (non-hydrogen) atoms. The lowest BCUT2D eigenvalue weighted by atomic mass is 9.96. The summed E-state index contributed by atoms with van der Waals surface area (Å²) < 4.78 is 5.11. The van der Waals surface area contributed by atoms with Gasteiger partial charge in [0.15, 0.2) is 5.82 Å². The van der Waals surface area contributed by atoms with Crippen LogP contribution >= 0.6 is 0 Å². The first-order chi connectivity index (χ1) is 6.90. The molecular formula is C10H18N4O. The summed E-state index contributed by atoms with van der Waals surface area (Å²) in [5, 5.41) is 2.93. The van der Waals surface area contributed by atoms with Crippen LogP contribution < -0.4 is 15.8 Å². The highest BCUT2D eigenvalue weighted by molar-refractivity contribution is 5.66. The quantitative estimate of drug-likeness (QED) is 0.772. The van der Waals surface area contributed by atoms with Gasteiger partial charge in [-0.3, -0.25) is 0 Å². The van der Waals surface area contributed by atoms with Gasteiger partial charge in [-0.2, -0.15) is 4.98 Å². The van der Waals surface area contributed by atoms with Crippen LogP contribution in [0.3, 0.4) is 0 Å². The van der Waals surface area contributed by atoms with Gasteiger partial charge in [-0.15, -0.1) is 0 Å². The van der Waals surface area contributed by atoms with E-state index in [0.717, 1.165) is 0 Å². The zero-order valence-corrected chi connectivity index (χ0v) is 9.88. The van der Waals surface area contributed by atoms with Crippen molar-refractivity contribution in [1.29, 1.82) is 0 Å². The third kappa shape index (κ3) is 2.29. The SMILES string of the molecule is CNc1nc(C(C)(C)C)nc(OC)c1N. The molecule has 0 fully saturated rings. The van der Waals surface area contributed by atoms with Crippen LogP contribution in [0.15, 0.2) is 0 Å². The average Bonchev–Trinajstić information content (AvgIpc) is 2.16. The molecule has 1 rings (SSSR count). The van der Waals surface area contributed by atoms with Gasteiger partial charge in [0.25, 0.3) is 0 Å². The molecule has 3 N–H and O–H groups in total. The maximum atomic E-state index is 5.80. The van der Waals surface area contributed by atoms with Crippen LogP contribution in [0.5, 0.6) is 5.88 Å². The van der Waals surface area contributed by atoms with Crippen molar-refractivity contribution in [2.45, 2.75) is 26.2 Å². The van der Waals surface area contributed by atoms with Gasteiger partial charge in [0.1, 0.15) is 11.5 Å². The van der Waals surface area contributed by atoms with E-state index < -0.39 is 0 Å². The van der Waals surface area contributed by atoms with Crippen molar-refractivity contribution < 1.29 is 4.74 Å². The molecule has 1 heterocycles. The summed E-state index contributed by atoms with van der Waals surface area (Å²) in [5.74, 6) is 1.73. The third-order valence-electron chi connectivity index (χ3n) is 2.01. The van der Waals surface area contributed by atoms with Crippen molar-refractivity contribution >= 4 is 11.5 Å². The second-order valence-electron chi connectivity index (χ2n) is 4.32. The topological polar surface area (TPSA) is 73.1 Å². The molecule has 0 aliphatic carbocycles. The Hall–Kier alpha value is -1.52. The zero-order valence-electron chi connectivity index (χ0n) is 9.88. The normalized spacial score (nSPS) is 11.3. The van der Waals surface area contributed by atoms with E-state index in [1.54, 1.807) is 14.2 Å². The molecule has 0 bridgehead atoms. The van der Waals surface area contributed by atoms with Crippen LogP contribution in [-0.2, 0) is 5.41 Å². The summed E-state index contributed by atoms with van der Waals surface area (Å²) in [4.78, 5) is 8.62. The Morgan fingerprint density at radius 2 is 1.87 bits per heavy atom. The standard InChI is InChI=1S/C10H18N4O/c1-10(2,3)9-13-7(12-4)6(11)8(14-9)15-5/h11H2,1-5H3,(H,12,13,14). The molecule has 1 aromatic heterocycles. The predicted molar refractivity (Wildman–Crippen MR) is 61.2 cm³/mol. The summed E-state index contributed by atoms with van der Waals surface area (Å²) >= 11 is 0. The van der Waals surface area contributed by atoms with Gasteiger partial charge in [0.05, 0.1) is 7.11 Å². The molecule has 84 valence electrons. The first kappa shape index (κ1) is 11.6. The van der Waals surface area contributed by atoms with Crippen molar-refractivity contribution in [3.63, 3.8) is 0 Å². The van der Waals surface area contributed by atoms with Crippen LogP contribution in [0.2, 0.25) is 0 Å². The van der Waals surface area contributed by atoms with Crippen molar-refractivity contribution in [2.24, 2.45) is 0 Å². The molecule has 0 aliphatic heterocycles. The van der Waals surface area contributed by atoms with Gasteiger partial charge in [-0.25, -0.2) is 4.98 Å². The van der Waals surface area contributed by atoms with Crippen molar-refractivity contribution in [3.05, 3.63) is 5.82 Å². The molecule has 5 heteroatoms. The van der Waals surface area contributed by atoms with Crippen LogP contribution in [0.25, 0.3) is 0 Å². The Balaban J connectivity index is 3.33. The fourth-order valence-corrected chi connectivity index (χ4v) is 1.13. The number of hydrogen-bond acceptors (Lipinski definition) is 5. The Bertz CT molecular complexity index is 332. The molecule has 0 atom stereocenters. The van der Waals surface area contributed by atoms with E-state index in [1.165, 1.54) is 0 Å². The summed E-state index contributed by atoms with van der Waals surface area (Å²) in [6, 6.07) is 0. The van der Waals surface area contributed by atoms with Crippen molar-refractivity contribution in [1.82, 2.24) is 9.97 Å². The number of nitrogens with two attached hydrogens (primary N) is 1. The van der Waals surface area contributed by atoms with E-state index in [1.807, 2.05) is 20.8 Å². The van der Waals surface area contributed by atoms with Crippen LogP contribution in [0.4, 0.5) is 11.5 Å². The number of nitrogens with one attached hydrogen (secondary N) is 1. The molecule has 0 aliphatic rings. The van der Waals surface area contributed by atoms with Gasteiger partial charge in [0.2, 0.25) is 5.88 Å². The number of methoxy groups -OCH3 is 1. The predicted octanol–water partition coefficient (Wildman–Crippen LogP) is 1.41. The highest BCUT2D eigenvalue weighted by Crippen LogP contribution is 2.29. The maximum Gasteiger partial charge on any atom is 0.242 e. The van der Waals surface area contributed by atoms with Crippen molar-refractivity contribution in [2.75, 3.05) is 25.2 Å². The Morgan fingerprint density at radius 3 is 2.27 bits per heavy atom. The van der Waals surface area contributed by atoms with Crippen LogP contribution in [0.1, 0.15) is 26.6 Å². The molecule has 0 spiro atoms. The second-order valence-corrected chi connectivity index (χ2v) is 4.32. The number of ether oxygens (including phenoxy) is 1. The number of hydrogen-bond donors (Lipinski definition) is 2. The van der Waals surface area contributed by atoms with E-state index in [0.29, 0.717) is 23.2 Å². The fraction of sp³-hybridized carbons (Fsp3) is 0.600. The van der Waals surface area contributed by atoms with Gasteiger partial charge in [0, 0.05) is 12.5 Å². The minimum absolute atomic E-state index is 0.132. The molecular weight excluding hydrogens is 192 g/mol. The lowest BCUT2D eigenvalue weighted by Crippen LogP contribution is -2.18. The number of rotatable bonds is 2. The van der Waals surface area contributed by atoms with E-state index in [9.17, 15) is 0 Å². The van der Waals surface area contributed by atoms with Gasteiger partial charge in [-0.05, 0) is 0 Å². The molecule has 1 aromatic rings. The number of aromatic nitrogens is 2. The molecule has 0 aromatic carbocycles. The van der Waals surface area contributed by atoms with Crippen LogP contribution in [-0.4, -0.2) is 24.1 Å². The molecule has 0 unspecified atom stereocenters. The zero-order chi connectivity index (χ0) is 11.6. The molecule has 5 nitrogen and oxygen atoms in total. The van der Waals surface area contributed by atoms with Crippen LogP contribution in [0, 0.1) is 0 Å². The lowest BCUT2D eigenvalue weighted by molar-refractivity contribution is 0.392. The van der Waals surface area contributed by atoms with Gasteiger partial charge < -0.3 is 15.8 Å². The maximum absolute atomic E-state index is 5.80. The summed E-state index contributed by atoms with van der Waals surface area (Å²) in [6.07, 6.45) is 0. The summed E-state index contributed by atoms with van der Waals surface area (Å²) in [5.41, 5.74) is 6.11. The first-order valence-corrected chi connectivity index (χ1v) is 4.80. The number of nitrogen functional groups attached to an aromatic ring is 1. The summed E-state index contributed by atoms with van der Waals surface area (Å²) in [6.45, 7) is 6.12. The smallest absolute Gasteiger partial charge is 0.242 e. The largest absolute Gasteiger partial charge is 0.479 e. The summed E-state index contributed by atoms with van der Waals surface area (Å²) in [7, 11) is 3.31. The second kappa shape index (κ2) is 3.92. The minimum atomic E-state index is -0.132.